The van der Waals surface area contributed by atoms with Crippen LogP contribution in [0.25, 0.3) is 22.3 Å². The molecule has 2 N–H and O–H groups in total. The average Bonchev–Trinajstić information content (AvgIpc) is 3.72. The minimum absolute atomic E-state index is 0.0788. The number of anilines is 2. The molecule has 8 rings (SSSR count). The van der Waals surface area contributed by atoms with Crippen LogP contribution in [0.3, 0.4) is 0 Å². The number of hydrogen-bond acceptors (Lipinski definition) is 13. The van der Waals surface area contributed by atoms with Gasteiger partial charge in [-0.15, -0.1) is 0 Å². The number of amides is 4. The largest absolute Gasteiger partial charge is 0.491 e. The third-order valence-electron chi connectivity index (χ3n) is 11.1. The minimum Gasteiger partial charge on any atom is -0.491 e. The van der Waals surface area contributed by atoms with E-state index in [4.69, 9.17) is 9.47 Å². The molecule has 4 amide bonds. The second-order valence-corrected chi connectivity index (χ2v) is 15.2. The number of rotatable bonds is 12. The Bertz CT molecular complexity index is 2130. The molecule has 2 unspecified atom stereocenters. The molecule has 0 bridgehead atoms. The number of carbonyl (C=O) groups excluding carboxylic acids is 4. The van der Waals surface area contributed by atoms with E-state index in [2.05, 4.69) is 52.0 Å². The van der Waals surface area contributed by atoms with Gasteiger partial charge in [0.05, 0.1) is 41.7 Å². The van der Waals surface area contributed by atoms with Gasteiger partial charge in [-0.3, -0.25) is 44.3 Å². The van der Waals surface area contributed by atoms with Crippen molar-refractivity contribution < 1.29 is 28.7 Å². The van der Waals surface area contributed by atoms with Crippen LogP contribution in [0.15, 0.2) is 48.8 Å². The number of piperazine rings is 2. The predicted molar refractivity (Wildman–Crippen MR) is 209 cm³/mol. The molecule has 3 fully saturated rings. The zero-order valence-electron chi connectivity index (χ0n) is 32.1. The number of ether oxygens (including phenoxy) is 2. The molecule has 3 saturated heterocycles. The van der Waals surface area contributed by atoms with E-state index < -0.39 is 23.8 Å². The molecule has 16 nitrogen and oxygen atoms in total. The molecule has 16 heteroatoms. The zero-order chi connectivity index (χ0) is 38.9. The molecule has 6 heterocycles. The van der Waals surface area contributed by atoms with E-state index in [0.29, 0.717) is 30.4 Å². The molecular weight excluding hydrogens is 717 g/mol. The fraction of sp³-hybridized carbons (Fsp3) is 0.475. The molecular formula is C40H48N10O6. The summed E-state index contributed by atoms with van der Waals surface area (Å²) in [5, 5.41) is 10.9. The summed E-state index contributed by atoms with van der Waals surface area (Å²) in [7, 11) is 0. The van der Waals surface area contributed by atoms with E-state index in [1.807, 2.05) is 44.2 Å². The first kappa shape index (κ1) is 37.5. The topological polar surface area (TPSA) is 169 Å². The number of H-pyrrole nitrogens is 1. The van der Waals surface area contributed by atoms with Crippen LogP contribution in [0.1, 0.15) is 54.3 Å². The molecule has 294 valence electrons. The lowest BCUT2D eigenvalue weighted by atomic mass is 10.0. The average molecular weight is 765 g/mol. The molecule has 4 aliphatic rings. The van der Waals surface area contributed by atoms with Crippen LogP contribution >= 0.6 is 0 Å². The number of aromatic nitrogens is 4. The molecule has 2 aromatic heterocycles. The van der Waals surface area contributed by atoms with Gasteiger partial charge in [0, 0.05) is 88.5 Å². The Balaban J connectivity index is 0.765. The van der Waals surface area contributed by atoms with Crippen LogP contribution < -0.4 is 19.9 Å². The van der Waals surface area contributed by atoms with E-state index >= 15 is 0 Å². The van der Waals surface area contributed by atoms with Gasteiger partial charge in [0.15, 0.2) is 0 Å². The highest BCUT2D eigenvalue weighted by atomic mass is 16.5. The summed E-state index contributed by atoms with van der Waals surface area (Å²) in [6.45, 7) is 15.1. The molecule has 56 heavy (non-hydrogen) atoms. The van der Waals surface area contributed by atoms with Crippen molar-refractivity contribution in [2.24, 2.45) is 0 Å². The summed E-state index contributed by atoms with van der Waals surface area (Å²) >= 11 is 0. The smallest absolute Gasteiger partial charge is 0.262 e. The van der Waals surface area contributed by atoms with E-state index in [-0.39, 0.29) is 24.9 Å². The standard InChI is InChI=1S/C40H48N10O6/c1-25(2)56-28-5-7-32-31(21-28)37(45-44-32)33-22-35(42-24-41-33)49-15-14-47(26(3)23-49)17-19-55-18-16-46-10-12-48(13-11-46)27-4-6-29-30(20-27)40(54)50(39(29)53)34-8-9-36(51)43-38(34)52/h4-7,20-22,24-26,34H,8-19,23H2,1-3H3,(H,44,45)(H,43,51,52). The van der Waals surface area contributed by atoms with Crippen molar-refractivity contribution in [3.8, 4) is 17.1 Å². The lowest BCUT2D eigenvalue weighted by Gasteiger charge is -2.40. The summed E-state index contributed by atoms with van der Waals surface area (Å²) < 4.78 is 12.0. The molecule has 0 radical (unpaired) electrons. The van der Waals surface area contributed by atoms with Crippen LogP contribution in [-0.2, 0) is 14.3 Å². The van der Waals surface area contributed by atoms with Gasteiger partial charge in [0.25, 0.3) is 11.8 Å². The Hall–Kier alpha value is -5.45. The SMILES string of the molecule is CC(C)Oc1ccc2[nH]nc(-c3cc(N4CCN(CCOCCN5CCN(c6ccc7c(c6)C(=O)N(C6CCC(=O)NC6=O)C7=O)CC5)C(C)C4)ncn3)c2c1. The van der Waals surface area contributed by atoms with E-state index in [0.717, 1.165) is 103 Å². The summed E-state index contributed by atoms with van der Waals surface area (Å²) in [6, 6.07) is 12.6. The van der Waals surface area contributed by atoms with Crippen LogP contribution in [0, 0.1) is 0 Å². The summed E-state index contributed by atoms with van der Waals surface area (Å²) in [4.78, 5) is 69.9. The maximum absolute atomic E-state index is 13.3. The van der Waals surface area contributed by atoms with E-state index in [9.17, 15) is 19.2 Å². The van der Waals surface area contributed by atoms with Crippen molar-refractivity contribution >= 4 is 46.0 Å². The van der Waals surface area contributed by atoms with Gasteiger partial charge in [-0.1, -0.05) is 0 Å². The number of imide groups is 2. The van der Waals surface area contributed by atoms with Crippen LogP contribution in [-0.4, -0.2) is 149 Å². The fourth-order valence-electron chi connectivity index (χ4n) is 8.08. The van der Waals surface area contributed by atoms with Gasteiger partial charge in [-0.05, 0) is 63.6 Å². The van der Waals surface area contributed by atoms with Crippen LogP contribution in [0.4, 0.5) is 11.5 Å². The third kappa shape index (κ3) is 7.68. The van der Waals surface area contributed by atoms with Crippen molar-refractivity contribution in [2.45, 2.75) is 51.8 Å². The Labute approximate surface area is 325 Å². The first-order valence-electron chi connectivity index (χ1n) is 19.5. The Morgan fingerprint density at radius 1 is 0.857 bits per heavy atom. The van der Waals surface area contributed by atoms with Crippen LogP contribution in [0.2, 0.25) is 0 Å². The number of piperidine rings is 1. The highest BCUT2D eigenvalue weighted by molar-refractivity contribution is 6.23. The Kier molecular flexibility index (Phi) is 10.7. The number of fused-ring (bicyclic) bond motifs is 2. The van der Waals surface area contributed by atoms with Crippen molar-refractivity contribution in [1.29, 1.82) is 0 Å². The first-order valence-corrected chi connectivity index (χ1v) is 19.5. The molecule has 2 atom stereocenters. The minimum atomic E-state index is -0.969. The molecule has 2 aromatic carbocycles. The molecule has 4 aliphatic heterocycles. The number of aromatic amines is 1. The second-order valence-electron chi connectivity index (χ2n) is 15.2. The zero-order valence-corrected chi connectivity index (χ0v) is 32.1. The molecule has 0 spiro atoms. The fourth-order valence-corrected chi connectivity index (χ4v) is 8.08. The number of nitrogens with one attached hydrogen (secondary N) is 2. The lowest BCUT2D eigenvalue weighted by molar-refractivity contribution is -0.136. The highest BCUT2D eigenvalue weighted by Crippen LogP contribution is 2.32. The van der Waals surface area contributed by atoms with Crippen LogP contribution in [0.5, 0.6) is 5.75 Å². The van der Waals surface area contributed by atoms with Gasteiger partial charge in [0.2, 0.25) is 11.8 Å². The maximum Gasteiger partial charge on any atom is 0.262 e. The number of benzene rings is 2. The van der Waals surface area contributed by atoms with E-state index in [1.165, 1.54) is 0 Å². The Morgan fingerprint density at radius 3 is 2.43 bits per heavy atom. The Morgan fingerprint density at radius 2 is 1.64 bits per heavy atom. The van der Waals surface area contributed by atoms with E-state index in [1.54, 1.807) is 18.5 Å². The molecule has 0 saturated carbocycles. The monoisotopic (exact) mass is 764 g/mol. The quantitative estimate of drug-likeness (QED) is 0.160. The second kappa shape index (κ2) is 16.0. The predicted octanol–water partition coefficient (Wildman–Crippen LogP) is 2.56. The molecule has 0 aliphatic carbocycles. The van der Waals surface area contributed by atoms with Gasteiger partial charge in [-0.25, -0.2) is 9.97 Å². The highest BCUT2D eigenvalue weighted by Gasteiger charge is 2.44. The van der Waals surface area contributed by atoms with Gasteiger partial charge >= 0.3 is 0 Å². The number of hydrogen-bond donors (Lipinski definition) is 2. The summed E-state index contributed by atoms with van der Waals surface area (Å²) in [5.41, 5.74) is 3.95. The summed E-state index contributed by atoms with van der Waals surface area (Å²) in [5.74, 6) is -0.282. The van der Waals surface area contributed by atoms with Crippen molar-refractivity contribution in [3.05, 3.63) is 59.9 Å². The first-order chi connectivity index (χ1) is 27.1. The van der Waals surface area contributed by atoms with Crippen molar-refractivity contribution in [2.75, 3.05) is 81.9 Å². The van der Waals surface area contributed by atoms with Crippen molar-refractivity contribution in [1.82, 2.24) is 40.2 Å². The van der Waals surface area contributed by atoms with Gasteiger partial charge in [-0.2, -0.15) is 5.10 Å². The third-order valence-corrected chi connectivity index (χ3v) is 11.1. The number of carbonyl (C=O) groups is 4. The summed E-state index contributed by atoms with van der Waals surface area (Å²) in [6.07, 6.45) is 1.93. The van der Waals surface area contributed by atoms with Crippen molar-refractivity contribution in [3.63, 3.8) is 0 Å². The van der Waals surface area contributed by atoms with Gasteiger partial charge in [0.1, 0.15) is 29.6 Å². The van der Waals surface area contributed by atoms with Gasteiger partial charge < -0.3 is 19.3 Å². The lowest BCUT2D eigenvalue weighted by Crippen LogP contribution is -2.54. The normalized spacial score (nSPS) is 21.0. The molecule has 4 aromatic rings. The maximum atomic E-state index is 13.3. The number of nitrogens with zero attached hydrogens (tertiary/aromatic N) is 8.